The first-order chi connectivity index (χ1) is 14.7. The molecule has 0 aliphatic carbocycles. The summed E-state index contributed by atoms with van der Waals surface area (Å²) in [6.45, 7) is 5.33. The molecule has 1 N–H and O–H groups in total. The van der Waals surface area contributed by atoms with Crippen molar-refractivity contribution in [2.75, 3.05) is 44.7 Å². The molecule has 5 nitrogen and oxygen atoms in total. The van der Waals surface area contributed by atoms with Crippen molar-refractivity contribution in [3.63, 3.8) is 0 Å². The fourth-order valence-electron chi connectivity index (χ4n) is 4.10. The quantitative estimate of drug-likeness (QED) is 0.663. The number of ether oxygens (including phenoxy) is 1. The monoisotopic (exact) mass is 411 g/mol. The number of benzene rings is 2. The van der Waals surface area contributed by atoms with E-state index >= 15 is 0 Å². The van der Waals surface area contributed by atoms with Crippen molar-refractivity contribution in [1.82, 2.24) is 10.4 Å². The minimum absolute atomic E-state index is 0.0763. The van der Waals surface area contributed by atoms with Crippen molar-refractivity contribution in [3.8, 4) is 5.75 Å². The van der Waals surface area contributed by atoms with Gasteiger partial charge in [0.05, 0.1) is 18.5 Å². The molecule has 1 unspecified atom stereocenters. The summed E-state index contributed by atoms with van der Waals surface area (Å²) in [5.74, 6) is 0.725. The van der Waals surface area contributed by atoms with Crippen molar-refractivity contribution in [2.24, 2.45) is 0 Å². The Balaban J connectivity index is 1.16. The highest BCUT2D eigenvalue weighted by Gasteiger charge is 2.20. The topological polar surface area (TPSA) is 37.0 Å². The molecule has 2 heterocycles. The number of hydroxylamine groups is 1. The van der Waals surface area contributed by atoms with Crippen LogP contribution in [0.25, 0.3) is 5.70 Å². The van der Waals surface area contributed by atoms with Crippen molar-refractivity contribution in [2.45, 2.75) is 25.4 Å². The Bertz CT molecular complexity index is 848. The second-order valence-electron chi connectivity index (χ2n) is 7.84. The van der Waals surface area contributed by atoms with Crippen LogP contribution in [0.1, 0.15) is 24.8 Å². The van der Waals surface area contributed by atoms with E-state index in [9.17, 15) is 4.39 Å². The van der Waals surface area contributed by atoms with Gasteiger partial charge in [0.25, 0.3) is 0 Å². The number of hydrogen-bond acceptors (Lipinski definition) is 5. The zero-order valence-electron chi connectivity index (χ0n) is 17.5. The van der Waals surface area contributed by atoms with Gasteiger partial charge in [-0.05, 0) is 73.8 Å². The van der Waals surface area contributed by atoms with Crippen LogP contribution in [0.4, 0.5) is 10.1 Å². The van der Waals surface area contributed by atoms with Gasteiger partial charge in [0, 0.05) is 26.2 Å². The number of anilines is 1. The maximum Gasteiger partial charge on any atom is 0.142 e. The van der Waals surface area contributed by atoms with Gasteiger partial charge in [-0.25, -0.2) is 4.39 Å². The number of rotatable bonds is 8. The number of nitrogens with zero attached hydrogens (tertiary/aromatic N) is 2. The number of methoxy groups -OCH3 is 1. The fraction of sp³-hybridized carbons (Fsp3) is 0.417. The summed E-state index contributed by atoms with van der Waals surface area (Å²) in [6, 6.07) is 14.7. The molecular weight excluding hydrogens is 381 g/mol. The average molecular weight is 412 g/mol. The summed E-state index contributed by atoms with van der Waals surface area (Å²) in [7, 11) is 1.73. The highest BCUT2D eigenvalue weighted by Crippen LogP contribution is 2.28. The van der Waals surface area contributed by atoms with Crippen molar-refractivity contribution >= 4 is 11.4 Å². The summed E-state index contributed by atoms with van der Waals surface area (Å²) in [6.07, 6.45) is 5.44. The Morgan fingerprint density at radius 1 is 1.03 bits per heavy atom. The Kier molecular flexibility index (Phi) is 6.87. The Hall–Kier alpha value is -2.57. The molecule has 2 aliphatic heterocycles. The van der Waals surface area contributed by atoms with E-state index in [-0.39, 0.29) is 11.9 Å². The maximum atomic E-state index is 13.1. The van der Waals surface area contributed by atoms with Gasteiger partial charge in [-0.3, -0.25) is 15.2 Å². The molecule has 30 heavy (non-hydrogen) atoms. The van der Waals surface area contributed by atoms with E-state index in [0.29, 0.717) is 0 Å². The number of hydrogen-bond donors (Lipinski definition) is 1. The molecule has 4 rings (SSSR count). The molecule has 0 radical (unpaired) electrons. The van der Waals surface area contributed by atoms with Crippen molar-refractivity contribution < 1.29 is 14.0 Å². The van der Waals surface area contributed by atoms with E-state index in [1.165, 1.54) is 17.8 Å². The molecule has 2 aromatic carbocycles. The standard InChI is InChI=1S/C24H30FN3O2/c1-29-24-8-3-2-7-23(24)28-16-14-27(15-17-28)13-5-4-6-21-18-22(26-30-21)19-9-11-20(25)12-10-19/h2-3,7-12,18,21,26H,4-6,13-17H2,1H3. The summed E-state index contributed by atoms with van der Waals surface area (Å²) >= 11 is 0. The Labute approximate surface area is 178 Å². The smallest absolute Gasteiger partial charge is 0.142 e. The third-order valence-electron chi connectivity index (χ3n) is 5.84. The van der Waals surface area contributed by atoms with E-state index in [1.807, 2.05) is 12.1 Å². The van der Waals surface area contributed by atoms with Gasteiger partial charge in [0.1, 0.15) is 17.7 Å². The molecule has 6 heteroatoms. The molecule has 1 atom stereocenters. The summed E-state index contributed by atoms with van der Waals surface area (Å²) < 4.78 is 18.6. The first-order valence-electron chi connectivity index (χ1n) is 10.7. The average Bonchev–Trinajstić information content (AvgIpc) is 3.26. The minimum atomic E-state index is -0.224. The lowest BCUT2D eigenvalue weighted by Gasteiger charge is -2.36. The van der Waals surface area contributed by atoms with Gasteiger partial charge in [-0.15, -0.1) is 0 Å². The van der Waals surface area contributed by atoms with E-state index < -0.39 is 0 Å². The van der Waals surface area contributed by atoms with Crippen LogP contribution >= 0.6 is 0 Å². The molecule has 2 aliphatic rings. The normalized spacial score (nSPS) is 19.5. The van der Waals surface area contributed by atoms with Gasteiger partial charge in [0.2, 0.25) is 0 Å². The number of piperazine rings is 1. The highest BCUT2D eigenvalue weighted by atomic mass is 19.1. The van der Waals surface area contributed by atoms with Crippen LogP contribution in [0.5, 0.6) is 5.75 Å². The number of nitrogens with one attached hydrogen (secondary N) is 1. The number of halogens is 1. The third-order valence-corrected chi connectivity index (χ3v) is 5.84. The van der Waals surface area contributed by atoms with Crippen LogP contribution in [-0.4, -0.2) is 50.8 Å². The SMILES string of the molecule is COc1ccccc1N1CCN(CCCCC2C=C(c3ccc(F)cc3)NO2)CC1. The molecule has 1 fully saturated rings. The molecule has 0 aromatic heterocycles. The van der Waals surface area contributed by atoms with Crippen LogP contribution < -0.4 is 15.1 Å². The molecule has 160 valence electrons. The Morgan fingerprint density at radius 3 is 2.57 bits per heavy atom. The first-order valence-corrected chi connectivity index (χ1v) is 10.7. The predicted molar refractivity (Wildman–Crippen MR) is 118 cm³/mol. The lowest BCUT2D eigenvalue weighted by atomic mass is 10.1. The van der Waals surface area contributed by atoms with Crippen LogP contribution in [0.3, 0.4) is 0 Å². The van der Waals surface area contributed by atoms with E-state index in [0.717, 1.165) is 69.0 Å². The number of para-hydroxylation sites is 2. The molecule has 0 bridgehead atoms. The van der Waals surface area contributed by atoms with Crippen LogP contribution in [0, 0.1) is 5.82 Å². The van der Waals surface area contributed by atoms with Crippen molar-refractivity contribution in [1.29, 1.82) is 0 Å². The lowest BCUT2D eigenvalue weighted by Crippen LogP contribution is -2.46. The summed E-state index contributed by atoms with van der Waals surface area (Å²) in [4.78, 5) is 10.6. The molecule has 0 amide bonds. The molecule has 0 saturated carbocycles. The highest BCUT2D eigenvalue weighted by molar-refractivity contribution is 5.64. The zero-order valence-corrected chi connectivity index (χ0v) is 17.5. The fourth-order valence-corrected chi connectivity index (χ4v) is 4.10. The second-order valence-corrected chi connectivity index (χ2v) is 7.84. The van der Waals surface area contributed by atoms with Crippen molar-refractivity contribution in [3.05, 3.63) is 66.0 Å². The molecule has 0 spiro atoms. The van der Waals surface area contributed by atoms with Gasteiger partial charge < -0.3 is 9.64 Å². The first kappa shape index (κ1) is 20.7. The van der Waals surface area contributed by atoms with Gasteiger partial charge in [-0.2, -0.15) is 0 Å². The molecule has 2 aromatic rings. The lowest BCUT2D eigenvalue weighted by molar-refractivity contribution is 0.0449. The van der Waals surface area contributed by atoms with Crippen LogP contribution in [-0.2, 0) is 4.84 Å². The third kappa shape index (κ3) is 5.12. The maximum absolute atomic E-state index is 13.1. The second kappa shape index (κ2) is 9.96. The minimum Gasteiger partial charge on any atom is -0.495 e. The van der Waals surface area contributed by atoms with E-state index in [4.69, 9.17) is 9.57 Å². The van der Waals surface area contributed by atoms with Gasteiger partial charge in [0.15, 0.2) is 0 Å². The zero-order chi connectivity index (χ0) is 20.8. The molecule has 1 saturated heterocycles. The van der Waals surface area contributed by atoms with E-state index in [2.05, 4.69) is 33.5 Å². The predicted octanol–water partition coefficient (Wildman–Crippen LogP) is 4.07. The molecular formula is C24H30FN3O2. The van der Waals surface area contributed by atoms with Crippen LogP contribution in [0.15, 0.2) is 54.6 Å². The number of unbranched alkanes of at least 4 members (excludes halogenated alkanes) is 1. The van der Waals surface area contributed by atoms with Crippen LogP contribution in [0.2, 0.25) is 0 Å². The summed E-state index contributed by atoms with van der Waals surface area (Å²) in [5.41, 5.74) is 6.04. The largest absolute Gasteiger partial charge is 0.495 e. The Morgan fingerprint density at radius 2 is 1.80 bits per heavy atom. The van der Waals surface area contributed by atoms with Gasteiger partial charge >= 0.3 is 0 Å². The van der Waals surface area contributed by atoms with E-state index in [1.54, 1.807) is 19.2 Å². The summed E-state index contributed by atoms with van der Waals surface area (Å²) in [5, 5.41) is 0. The van der Waals surface area contributed by atoms with Gasteiger partial charge in [-0.1, -0.05) is 12.1 Å².